The molecule has 0 radical (unpaired) electrons. The second kappa shape index (κ2) is 7.40. The third kappa shape index (κ3) is 3.57. The van der Waals surface area contributed by atoms with Gasteiger partial charge in [-0.15, -0.1) is 0 Å². The summed E-state index contributed by atoms with van der Waals surface area (Å²) in [5.74, 6) is -2.52. The fraction of sp³-hybridized carbons (Fsp3) is 0.167. The van der Waals surface area contributed by atoms with Gasteiger partial charge in [0.15, 0.2) is 11.6 Å². The lowest BCUT2D eigenvalue weighted by molar-refractivity contribution is -0.142. The van der Waals surface area contributed by atoms with Gasteiger partial charge in [-0.2, -0.15) is 5.10 Å². The Kier molecular flexibility index (Phi) is 5.02. The van der Waals surface area contributed by atoms with Gasteiger partial charge in [-0.05, 0) is 31.2 Å². The average Bonchev–Trinajstić information content (AvgIpc) is 3.30. The molecule has 3 aromatic rings. The van der Waals surface area contributed by atoms with Crippen LogP contribution in [0.25, 0.3) is 11.5 Å². The van der Waals surface area contributed by atoms with Crippen molar-refractivity contribution in [2.45, 2.75) is 13.0 Å². The quantitative estimate of drug-likeness (QED) is 0.695. The largest absolute Gasteiger partial charge is 0.467 e. The van der Waals surface area contributed by atoms with Crippen molar-refractivity contribution < 1.29 is 23.1 Å². The Morgan fingerprint density at radius 2 is 1.93 bits per heavy atom. The van der Waals surface area contributed by atoms with Gasteiger partial charge in [-0.1, -0.05) is 0 Å². The second-order valence-corrected chi connectivity index (χ2v) is 5.70. The molecule has 0 aliphatic heterocycles. The predicted octanol–water partition coefficient (Wildman–Crippen LogP) is 2.23. The number of aromatic nitrogens is 3. The normalized spacial score (nSPS) is 11.9. The Labute approximate surface area is 153 Å². The van der Waals surface area contributed by atoms with E-state index in [1.165, 1.54) is 31.0 Å². The summed E-state index contributed by atoms with van der Waals surface area (Å²) in [5.41, 5.74) is 0.0749. The summed E-state index contributed by atoms with van der Waals surface area (Å²) < 4.78 is 34.8. The number of methoxy groups -OCH3 is 1. The van der Waals surface area contributed by atoms with Gasteiger partial charge >= 0.3 is 5.97 Å². The van der Waals surface area contributed by atoms with Gasteiger partial charge < -0.3 is 14.6 Å². The fourth-order valence-corrected chi connectivity index (χ4v) is 2.57. The third-order valence-corrected chi connectivity index (χ3v) is 3.88. The van der Waals surface area contributed by atoms with E-state index in [0.29, 0.717) is 0 Å². The number of hydrogen-bond donors (Lipinski definition) is 1. The van der Waals surface area contributed by atoms with Gasteiger partial charge in [0.1, 0.15) is 23.1 Å². The van der Waals surface area contributed by atoms with E-state index in [0.717, 1.165) is 12.1 Å². The van der Waals surface area contributed by atoms with Gasteiger partial charge in [-0.3, -0.25) is 4.79 Å². The number of carbonyl (C=O) groups excluding carboxylic acids is 2. The smallest absolute Gasteiger partial charge is 0.328 e. The summed E-state index contributed by atoms with van der Waals surface area (Å²) in [4.78, 5) is 24.2. The molecule has 0 fully saturated rings. The highest BCUT2D eigenvalue weighted by atomic mass is 19.1. The van der Waals surface area contributed by atoms with Crippen LogP contribution in [0.5, 0.6) is 0 Å². The molecule has 2 aromatic heterocycles. The van der Waals surface area contributed by atoms with Crippen molar-refractivity contribution in [3.05, 3.63) is 66.1 Å². The lowest BCUT2D eigenvalue weighted by Crippen LogP contribution is -2.39. The molecule has 0 aliphatic carbocycles. The first-order valence-corrected chi connectivity index (χ1v) is 7.98. The minimum atomic E-state index is -0.883. The van der Waals surface area contributed by atoms with Crippen molar-refractivity contribution in [3.8, 4) is 11.5 Å². The van der Waals surface area contributed by atoms with Crippen molar-refractivity contribution in [2.75, 3.05) is 7.11 Å². The zero-order valence-corrected chi connectivity index (χ0v) is 14.5. The molecule has 1 N–H and O–H groups in total. The van der Waals surface area contributed by atoms with Crippen molar-refractivity contribution in [2.24, 2.45) is 0 Å². The molecule has 0 saturated carbocycles. The van der Waals surface area contributed by atoms with E-state index in [1.54, 1.807) is 29.1 Å². The molecule has 140 valence electrons. The van der Waals surface area contributed by atoms with Crippen molar-refractivity contribution in [3.63, 3.8) is 0 Å². The Hall–Kier alpha value is -3.49. The van der Waals surface area contributed by atoms with E-state index in [-0.39, 0.29) is 17.1 Å². The van der Waals surface area contributed by atoms with Gasteiger partial charge in [0.25, 0.3) is 5.91 Å². The summed E-state index contributed by atoms with van der Waals surface area (Å²) in [6, 6.07) is 5.61. The summed E-state index contributed by atoms with van der Waals surface area (Å²) in [7, 11) is 1.21. The lowest BCUT2D eigenvalue weighted by atomic mass is 10.2. The van der Waals surface area contributed by atoms with Crippen LogP contribution >= 0.6 is 0 Å². The van der Waals surface area contributed by atoms with Crippen LogP contribution in [0.3, 0.4) is 0 Å². The number of esters is 1. The van der Waals surface area contributed by atoms with Crippen LogP contribution in [0.15, 0.2) is 48.9 Å². The lowest BCUT2D eigenvalue weighted by Gasteiger charge is -2.14. The maximum absolute atomic E-state index is 14.3. The van der Waals surface area contributed by atoms with E-state index in [9.17, 15) is 18.4 Å². The van der Waals surface area contributed by atoms with Crippen LogP contribution in [0.4, 0.5) is 8.78 Å². The number of benzene rings is 1. The number of hydrogen-bond acceptors (Lipinski definition) is 4. The molecule has 27 heavy (non-hydrogen) atoms. The molecule has 0 bridgehead atoms. The van der Waals surface area contributed by atoms with Crippen molar-refractivity contribution in [1.29, 1.82) is 0 Å². The minimum Gasteiger partial charge on any atom is -0.467 e. The van der Waals surface area contributed by atoms with E-state index in [4.69, 9.17) is 0 Å². The monoisotopic (exact) mass is 374 g/mol. The Morgan fingerprint density at radius 3 is 2.56 bits per heavy atom. The zero-order chi connectivity index (χ0) is 19.6. The molecule has 1 atom stereocenters. The van der Waals surface area contributed by atoms with E-state index >= 15 is 0 Å². The Balaban J connectivity index is 2.07. The number of carbonyl (C=O) groups is 2. The van der Waals surface area contributed by atoms with Crippen LogP contribution < -0.4 is 5.32 Å². The van der Waals surface area contributed by atoms with Crippen LogP contribution in [-0.2, 0) is 9.53 Å². The molecule has 0 aliphatic rings. The maximum Gasteiger partial charge on any atom is 0.328 e. The number of rotatable bonds is 5. The molecule has 7 nitrogen and oxygen atoms in total. The van der Waals surface area contributed by atoms with Crippen molar-refractivity contribution >= 4 is 11.9 Å². The standard InChI is InChI=1S/C18H16F2N4O3/c1-11(18(26)27-2)22-16(25)13-10-21-24(17(13)23-7-3-4-8-23)15-6-5-12(19)9-14(15)20/h3-11H,1-2H3,(H,22,25). The van der Waals surface area contributed by atoms with Gasteiger partial charge in [0.05, 0.1) is 13.3 Å². The number of nitrogens with zero attached hydrogens (tertiary/aromatic N) is 3. The summed E-state index contributed by atoms with van der Waals surface area (Å²) in [6.07, 6.45) is 4.54. The summed E-state index contributed by atoms with van der Waals surface area (Å²) >= 11 is 0. The molecule has 1 aromatic carbocycles. The number of amides is 1. The minimum absolute atomic E-state index is 0.0276. The molecule has 1 amide bonds. The van der Waals surface area contributed by atoms with E-state index in [1.807, 2.05) is 0 Å². The number of halogens is 2. The molecular weight excluding hydrogens is 358 g/mol. The molecule has 1 unspecified atom stereocenters. The average molecular weight is 374 g/mol. The molecule has 0 spiro atoms. The van der Waals surface area contributed by atoms with Gasteiger partial charge in [-0.25, -0.2) is 18.3 Å². The van der Waals surface area contributed by atoms with Crippen LogP contribution in [0.1, 0.15) is 17.3 Å². The Morgan fingerprint density at radius 1 is 1.22 bits per heavy atom. The fourth-order valence-electron chi connectivity index (χ4n) is 2.57. The van der Waals surface area contributed by atoms with Gasteiger partial charge in [0.2, 0.25) is 0 Å². The molecule has 2 heterocycles. The first kappa shape index (κ1) is 18.3. The van der Waals surface area contributed by atoms with Crippen molar-refractivity contribution in [1.82, 2.24) is 19.7 Å². The maximum atomic E-state index is 14.3. The summed E-state index contributed by atoms with van der Waals surface area (Å²) in [6.45, 7) is 1.48. The third-order valence-electron chi connectivity index (χ3n) is 3.88. The zero-order valence-electron chi connectivity index (χ0n) is 14.5. The first-order valence-electron chi connectivity index (χ1n) is 7.98. The number of ether oxygens (including phenoxy) is 1. The van der Waals surface area contributed by atoms with E-state index < -0.39 is 29.6 Å². The topological polar surface area (TPSA) is 78.2 Å². The molecular formula is C18H16F2N4O3. The van der Waals surface area contributed by atoms with E-state index in [2.05, 4.69) is 15.2 Å². The Bertz CT molecular complexity index is 983. The highest BCUT2D eigenvalue weighted by Gasteiger charge is 2.24. The van der Waals surface area contributed by atoms with Crippen LogP contribution in [0, 0.1) is 11.6 Å². The highest BCUT2D eigenvalue weighted by Crippen LogP contribution is 2.22. The number of nitrogens with one attached hydrogen (secondary N) is 1. The molecule has 9 heteroatoms. The molecule has 0 saturated heterocycles. The predicted molar refractivity (Wildman–Crippen MR) is 91.8 cm³/mol. The SMILES string of the molecule is COC(=O)C(C)NC(=O)c1cnn(-c2ccc(F)cc2F)c1-n1cccc1. The summed E-state index contributed by atoms with van der Waals surface area (Å²) in [5, 5.41) is 6.59. The second-order valence-electron chi connectivity index (χ2n) is 5.70. The molecule has 3 rings (SSSR count). The highest BCUT2D eigenvalue weighted by molar-refractivity contribution is 5.99. The first-order chi connectivity index (χ1) is 12.9. The van der Waals surface area contributed by atoms with Crippen LogP contribution in [-0.4, -0.2) is 39.4 Å². The van der Waals surface area contributed by atoms with Crippen LogP contribution in [0.2, 0.25) is 0 Å². The van der Waals surface area contributed by atoms with Gasteiger partial charge in [0, 0.05) is 18.5 Å².